The third kappa shape index (κ3) is 5.47. The molecule has 0 bridgehead atoms. The maximum absolute atomic E-state index is 12.1. The molecule has 0 unspecified atom stereocenters. The van der Waals surface area contributed by atoms with Crippen molar-refractivity contribution in [1.29, 1.82) is 0 Å². The van der Waals surface area contributed by atoms with Crippen LogP contribution in [0.25, 0.3) is 0 Å². The Balaban J connectivity index is 1.39. The molecule has 1 amide bonds. The fourth-order valence-corrected chi connectivity index (χ4v) is 3.25. The third-order valence-electron chi connectivity index (χ3n) is 4.74. The van der Waals surface area contributed by atoms with Gasteiger partial charge in [0, 0.05) is 31.7 Å². The monoisotopic (exact) mass is 384 g/mol. The van der Waals surface area contributed by atoms with Crippen LogP contribution in [-0.2, 0) is 16.1 Å². The second kappa shape index (κ2) is 9.23. The largest absolute Gasteiger partial charge is 0.508 e. The number of nitrogens with one attached hydrogen (secondary N) is 1. The molecule has 7 nitrogen and oxygen atoms in total. The molecule has 1 fully saturated rings. The Hall–Kier alpha value is -3.06. The molecule has 0 aliphatic carbocycles. The lowest BCUT2D eigenvalue weighted by molar-refractivity contribution is -0.125. The normalized spacial score (nSPS) is 15.1. The molecule has 1 heterocycles. The van der Waals surface area contributed by atoms with Crippen LogP contribution in [0.15, 0.2) is 48.5 Å². The van der Waals surface area contributed by atoms with Gasteiger partial charge < -0.3 is 20.3 Å². The first kappa shape index (κ1) is 19.7. The number of carbonyl (C=O) groups excluding carboxylic acids is 2. The summed E-state index contributed by atoms with van der Waals surface area (Å²) in [5.41, 5.74) is 1.18. The Kier molecular flexibility index (Phi) is 6.49. The summed E-state index contributed by atoms with van der Waals surface area (Å²) in [6.07, 6.45) is 1.68. The third-order valence-corrected chi connectivity index (χ3v) is 4.74. The molecule has 1 saturated heterocycles. The van der Waals surface area contributed by atoms with E-state index in [-0.39, 0.29) is 23.3 Å². The van der Waals surface area contributed by atoms with Gasteiger partial charge in [-0.05, 0) is 30.5 Å². The van der Waals surface area contributed by atoms with E-state index < -0.39 is 18.3 Å². The van der Waals surface area contributed by atoms with E-state index in [1.807, 2.05) is 18.2 Å². The van der Waals surface area contributed by atoms with Crippen molar-refractivity contribution in [2.24, 2.45) is 0 Å². The Morgan fingerprint density at radius 1 is 1.07 bits per heavy atom. The molecule has 7 heteroatoms. The van der Waals surface area contributed by atoms with Crippen LogP contribution in [0.4, 0.5) is 0 Å². The fraction of sp³-hybridized carbons (Fsp3) is 0.333. The molecule has 0 radical (unpaired) electrons. The first-order valence-electron chi connectivity index (χ1n) is 9.26. The highest BCUT2D eigenvalue weighted by Gasteiger charge is 2.21. The molecule has 2 aromatic rings. The van der Waals surface area contributed by atoms with E-state index in [4.69, 9.17) is 4.74 Å². The molecule has 0 saturated carbocycles. The molecule has 0 spiro atoms. The number of amides is 1. The SMILES string of the molecule is O=C(COC(=O)c1ccc(O)cc1O)NC1CCN(Cc2ccccc2)CC1. The van der Waals surface area contributed by atoms with Crippen LogP contribution in [-0.4, -0.2) is 52.7 Å². The molecule has 3 N–H and O–H groups in total. The molecular formula is C21H24N2O5. The number of phenolic OH excluding ortho intramolecular Hbond substituents is 2. The first-order chi connectivity index (χ1) is 13.5. The van der Waals surface area contributed by atoms with Crippen molar-refractivity contribution >= 4 is 11.9 Å². The van der Waals surface area contributed by atoms with Gasteiger partial charge in [-0.2, -0.15) is 0 Å². The van der Waals surface area contributed by atoms with Gasteiger partial charge in [-0.25, -0.2) is 4.79 Å². The van der Waals surface area contributed by atoms with Gasteiger partial charge in [0.25, 0.3) is 5.91 Å². The summed E-state index contributed by atoms with van der Waals surface area (Å²) < 4.78 is 4.95. The summed E-state index contributed by atoms with van der Waals surface area (Å²) in [4.78, 5) is 26.3. The van der Waals surface area contributed by atoms with E-state index in [2.05, 4.69) is 22.3 Å². The van der Waals surface area contributed by atoms with Gasteiger partial charge >= 0.3 is 5.97 Å². The van der Waals surface area contributed by atoms with Crippen LogP contribution >= 0.6 is 0 Å². The Morgan fingerprint density at radius 3 is 2.46 bits per heavy atom. The highest BCUT2D eigenvalue weighted by molar-refractivity contribution is 5.94. The van der Waals surface area contributed by atoms with E-state index in [0.29, 0.717) is 0 Å². The van der Waals surface area contributed by atoms with Gasteiger partial charge in [0.2, 0.25) is 0 Å². The van der Waals surface area contributed by atoms with E-state index >= 15 is 0 Å². The van der Waals surface area contributed by atoms with Gasteiger partial charge in [0.1, 0.15) is 17.1 Å². The van der Waals surface area contributed by atoms with Crippen LogP contribution in [0.2, 0.25) is 0 Å². The van der Waals surface area contributed by atoms with Gasteiger partial charge in [0.15, 0.2) is 6.61 Å². The molecule has 1 aliphatic heterocycles. The molecule has 0 atom stereocenters. The lowest BCUT2D eigenvalue weighted by Crippen LogP contribution is -2.45. The standard InChI is InChI=1S/C21H24N2O5/c24-17-6-7-18(19(25)12-17)21(27)28-14-20(26)22-16-8-10-23(11-9-16)13-15-4-2-1-3-5-15/h1-7,12,16,24-25H,8-11,13-14H2,(H,22,26). The minimum absolute atomic E-state index is 0.0558. The lowest BCUT2D eigenvalue weighted by Gasteiger charge is -2.32. The summed E-state index contributed by atoms with van der Waals surface area (Å²) in [5.74, 6) is -1.74. The summed E-state index contributed by atoms with van der Waals surface area (Å²) in [6.45, 7) is 2.26. The Morgan fingerprint density at radius 2 is 1.79 bits per heavy atom. The van der Waals surface area contributed by atoms with Crippen LogP contribution in [0.1, 0.15) is 28.8 Å². The van der Waals surface area contributed by atoms with Crippen molar-refractivity contribution in [2.75, 3.05) is 19.7 Å². The maximum Gasteiger partial charge on any atom is 0.342 e. The molecule has 28 heavy (non-hydrogen) atoms. The highest BCUT2D eigenvalue weighted by atomic mass is 16.5. The number of aromatic hydroxyl groups is 2. The number of nitrogens with zero attached hydrogens (tertiary/aromatic N) is 1. The van der Waals surface area contributed by atoms with Crippen LogP contribution in [0.5, 0.6) is 11.5 Å². The van der Waals surface area contributed by atoms with E-state index in [0.717, 1.165) is 38.5 Å². The fourth-order valence-electron chi connectivity index (χ4n) is 3.25. The number of phenols is 2. The number of piperidine rings is 1. The molecule has 0 aromatic heterocycles. The molecule has 148 valence electrons. The van der Waals surface area contributed by atoms with E-state index in [1.165, 1.54) is 17.7 Å². The lowest BCUT2D eigenvalue weighted by atomic mass is 10.0. The predicted octanol–water partition coefficient (Wildman–Crippen LogP) is 2.04. The Labute approximate surface area is 163 Å². The number of likely N-dealkylation sites (tertiary alicyclic amines) is 1. The van der Waals surface area contributed by atoms with Crippen molar-refractivity contribution in [2.45, 2.75) is 25.4 Å². The van der Waals surface area contributed by atoms with Gasteiger partial charge in [-0.3, -0.25) is 9.69 Å². The van der Waals surface area contributed by atoms with Crippen LogP contribution in [0, 0.1) is 0 Å². The van der Waals surface area contributed by atoms with Gasteiger partial charge in [0.05, 0.1) is 0 Å². The highest BCUT2D eigenvalue weighted by Crippen LogP contribution is 2.23. The summed E-state index contributed by atoms with van der Waals surface area (Å²) >= 11 is 0. The summed E-state index contributed by atoms with van der Waals surface area (Å²) in [6, 6.07) is 13.9. The minimum atomic E-state index is -0.815. The smallest absolute Gasteiger partial charge is 0.342 e. The van der Waals surface area contributed by atoms with Crippen molar-refractivity contribution in [1.82, 2.24) is 10.2 Å². The van der Waals surface area contributed by atoms with Crippen molar-refractivity contribution in [3.8, 4) is 11.5 Å². The van der Waals surface area contributed by atoms with Crippen molar-refractivity contribution in [3.63, 3.8) is 0 Å². The topological polar surface area (TPSA) is 99.1 Å². The van der Waals surface area contributed by atoms with Crippen molar-refractivity contribution < 1.29 is 24.5 Å². The zero-order valence-corrected chi connectivity index (χ0v) is 15.5. The molecular weight excluding hydrogens is 360 g/mol. The average Bonchev–Trinajstić information content (AvgIpc) is 2.68. The number of hydrogen-bond donors (Lipinski definition) is 3. The quantitative estimate of drug-likeness (QED) is 0.659. The number of ether oxygens (including phenoxy) is 1. The maximum atomic E-state index is 12.1. The number of benzene rings is 2. The van der Waals surface area contributed by atoms with Crippen LogP contribution in [0.3, 0.4) is 0 Å². The number of esters is 1. The number of carbonyl (C=O) groups is 2. The second-order valence-electron chi connectivity index (χ2n) is 6.88. The predicted molar refractivity (Wildman–Crippen MR) is 103 cm³/mol. The minimum Gasteiger partial charge on any atom is -0.508 e. The molecule has 3 rings (SSSR count). The zero-order valence-electron chi connectivity index (χ0n) is 15.5. The number of hydrogen-bond acceptors (Lipinski definition) is 6. The summed E-state index contributed by atoms with van der Waals surface area (Å²) in [5, 5.41) is 21.8. The average molecular weight is 384 g/mol. The molecule has 1 aliphatic rings. The number of rotatable bonds is 6. The Bertz CT molecular complexity index is 817. The zero-order chi connectivity index (χ0) is 19.9. The first-order valence-corrected chi connectivity index (χ1v) is 9.26. The van der Waals surface area contributed by atoms with Gasteiger partial charge in [-0.15, -0.1) is 0 Å². The van der Waals surface area contributed by atoms with E-state index in [1.54, 1.807) is 0 Å². The molecule has 2 aromatic carbocycles. The van der Waals surface area contributed by atoms with Crippen molar-refractivity contribution in [3.05, 3.63) is 59.7 Å². The summed E-state index contributed by atoms with van der Waals surface area (Å²) in [7, 11) is 0. The van der Waals surface area contributed by atoms with Crippen LogP contribution < -0.4 is 5.32 Å². The van der Waals surface area contributed by atoms with E-state index in [9.17, 15) is 19.8 Å². The van der Waals surface area contributed by atoms with Gasteiger partial charge in [-0.1, -0.05) is 30.3 Å². The second-order valence-corrected chi connectivity index (χ2v) is 6.88.